The standard InChI is InChI=1S/C19H16ClNO4.C17H14ClNO4.C16H12ClNO4/c1-3-8-24-15-7-5-12(23-2)10-14(15)18(22)19-17(21)13-9-11(20)4-6-16(13)25-19;1-21-10-4-6-13(22-2)12(8-10)16(20)17-15(19)11-7-9(18)3-5-14(11)23-17;1-21-9-3-4-12(19)10(7-9)15(20)16-14(18)11-6-8(17)2-5-13(11)22-16/h3-7,9-10H,1,8,21H2,2H3;3-8H,19H2,1-2H3;2-7,19H,18H2,1H3. The molecule has 15 nitrogen and oxygen atoms in total. The Hall–Kier alpha value is -8.24. The summed E-state index contributed by atoms with van der Waals surface area (Å²) in [7, 11) is 6.00. The van der Waals surface area contributed by atoms with Gasteiger partial charge in [0.05, 0.1) is 62.2 Å². The minimum absolute atomic E-state index is 0.0361. The first-order chi connectivity index (χ1) is 33.6. The minimum atomic E-state index is -0.527. The number of halogens is 3. The highest BCUT2D eigenvalue weighted by Crippen LogP contribution is 2.38. The minimum Gasteiger partial charge on any atom is -0.507 e. The predicted molar refractivity (Wildman–Crippen MR) is 270 cm³/mol. The number of ether oxygens (including phenoxy) is 5. The number of nitrogen functional groups attached to an aromatic ring is 3. The lowest BCUT2D eigenvalue weighted by atomic mass is 10.1. The first kappa shape index (κ1) is 49.7. The molecule has 70 heavy (non-hydrogen) atoms. The van der Waals surface area contributed by atoms with Crippen LogP contribution in [-0.2, 0) is 0 Å². The number of carbonyl (C=O) groups is 3. The van der Waals surface area contributed by atoms with Crippen molar-refractivity contribution >= 4 is 102 Å². The number of furan rings is 3. The van der Waals surface area contributed by atoms with Crippen LogP contribution in [0.5, 0.6) is 34.5 Å². The van der Waals surface area contributed by atoms with E-state index in [9.17, 15) is 19.5 Å². The number of hydrogen-bond acceptors (Lipinski definition) is 15. The lowest BCUT2D eigenvalue weighted by Crippen LogP contribution is -2.07. The van der Waals surface area contributed by atoms with Crippen molar-refractivity contribution in [3.05, 3.63) is 171 Å². The van der Waals surface area contributed by atoms with Crippen molar-refractivity contribution in [3.63, 3.8) is 0 Å². The maximum absolute atomic E-state index is 13.0. The lowest BCUT2D eigenvalue weighted by Gasteiger charge is -2.10. The first-order valence-electron chi connectivity index (χ1n) is 20.7. The molecule has 0 spiro atoms. The van der Waals surface area contributed by atoms with Crippen molar-refractivity contribution in [1.29, 1.82) is 0 Å². The Morgan fingerprint density at radius 2 is 0.871 bits per heavy atom. The van der Waals surface area contributed by atoms with E-state index < -0.39 is 11.6 Å². The fourth-order valence-electron chi connectivity index (χ4n) is 7.04. The Bertz CT molecular complexity index is 3470. The van der Waals surface area contributed by atoms with E-state index in [4.69, 9.17) is 88.9 Å². The Balaban J connectivity index is 0.000000155. The second-order valence-electron chi connectivity index (χ2n) is 14.9. The van der Waals surface area contributed by atoms with E-state index in [1.807, 2.05) is 0 Å². The topological polar surface area (TPSA) is 235 Å². The van der Waals surface area contributed by atoms with E-state index in [-0.39, 0.29) is 63.6 Å². The van der Waals surface area contributed by atoms with Gasteiger partial charge >= 0.3 is 0 Å². The van der Waals surface area contributed by atoms with Crippen molar-refractivity contribution < 1.29 is 56.4 Å². The molecule has 9 rings (SSSR count). The second-order valence-corrected chi connectivity index (χ2v) is 16.2. The Morgan fingerprint density at radius 1 is 0.514 bits per heavy atom. The summed E-state index contributed by atoms with van der Waals surface area (Å²) in [6.45, 7) is 3.87. The van der Waals surface area contributed by atoms with Gasteiger partial charge in [-0.05, 0) is 109 Å². The van der Waals surface area contributed by atoms with Gasteiger partial charge in [0.15, 0.2) is 17.3 Å². The number of phenols is 1. The number of ketones is 3. The molecule has 6 aromatic carbocycles. The average Bonchev–Trinajstić information content (AvgIpc) is 4.01. The van der Waals surface area contributed by atoms with Gasteiger partial charge in [-0.2, -0.15) is 0 Å². The third kappa shape index (κ3) is 10.3. The molecule has 0 bridgehead atoms. The summed E-state index contributed by atoms with van der Waals surface area (Å²) in [5.41, 5.74) is 20.9. The lowest BCUT2D eigenvalue weighted by molar-refractivity contribution is 0.100. The van der Waals surface area contributed by atoms with Crippen LogP contribution < -0.4 is 40.9 Å². The van der Waals surface area contributed by atoms with Gasteiger partial charge in [0.1, 0.15) is 57.9 Å². The predicted octanol–water partition coefficient (Wildman–Crippen LogP) is 12.0. The van der Waals surface area contributed by atoms with E-state index in [1.54, 1.807) is 103 Å². The molecule has 9 aromatic rings. The Labute approximate surface area is 414 Å². The van der Waals surface area contributed by atoms with E-state index in [2.05, 4.69) is 6.58 Å². The summed E-state index contributed by atoms with van der Waals surface area (Å²) in [5, 5.41) is 13.2. The number of aromatic hydroxyl groups is 1. The molecule has 0 amide bonds. The zero-order valence-corrected chi connectivity index (χ0v) is 40.0. The molecule has 0 radical (unpaired) electrons. The first-order valence-corrected chi connectivity index (χ1v) is 21.8. The van der Waals surface area contributed by atoms with Gasteiger partial charge in [-0.1, -0.05) is 47.5 Å². The molecule has 0 saturated heterocycles. The highest BCUT2D eigenvalue weighted by molar-refractivity contribution is 6.32. The maximum atomic E-state index is 13.0. The fraction of sp³-hybridized carbons (Fsp3) is 0.0962. The van der Waals surface area contributed by atoms with Gasteiger partial charge in [-0.3, -0.25) is 14.4 Å². The van der Waals surface area contributed by atoms with Crippen LogP contribution in [0.25, 0.3) is 32.9 Å². The fourth-order valence-corrected chi connectivity index (χ4v) is 7.56. The normalized spacial score (nSPS) is 10.7. The van der Waals surface area contributed by atoms with Crippen LogP contribution in [0.3, 0.4) is 0 Å². The molecular weight excluding hydrogens is 965 g/mol. The summed E-state index contributed by atoms with van der Waals surface area (Å²) in [5.74, 6) is 0.858. The number of anilines is 3. The summed E-state index contributed by atoms with van der Waals surface area (Å²) in [4.78, 5) is 38.4. The molecule has 7 N–H and O–H groups in total. The Morgan fingerprint density at radius 3 is 1.26 bits per heavy atom. The van der Waals surface area contributed by atoms with Gasteiger partial charge in [0, 0.05) is 31.2 Å². The molecule has 0 saturated carbocycles. The van der Waals surface area contributed by atoms with E-state index in [1.165, 1.54) is 40.6 Å². The van der Waals surface area contributed by atoms with E-state index in [0.29, 0.717) is 82.3 Å². The molecule has 0 aliphatic heterocycles. The largest absolute Gasteiger partial charge is 0.507 e. The number of methoxy groups -OCH3 is 4. The van der Waals surface area contributed by atoms with Crippen molar-refractivity contribution in [2.75, 3.05) is 52.2 Å². The van der Waals surface area contributed by atoms with Crippen molar-refractivity contribution in [1.82, 2.24) is 0 Å². The zero-order chi connectivity index (χ0) is 50.4. The quantitative estimate of drug-likeness (QED) is 0.0621. The van der Waals surface area contributed by atoms with Crippen LogP contribution in [0.4, 0.5) is 17.1 Å². The number of rotatable bonds is 13. The monoisotopic (exact) mass is 1010 g/mol. The third-order valence-corrected chi connectivity index (χ3v) is 11.3. The molecule has 0 unspecified atom stereocenters. The van der Waals surface area contributed by atoms with Crippen molar-refractivity contribution in [2.45, 2.75) is 0 Å². The van der Waals surface area contributed by atoms with Crippen LogP contribution in [0.15, 0.2) is 135 Å². The van der Waals surface area contributed by atoms with Crippen molar-refractivity contribution in [3.8, 4) is 34.5 Å². The van der Waals surface area contributed by atoms with E-state index >= 15 is 0 Å². The molecule has 18 heteroatoms. The number of benzene rings is 6. The molecular formula is C52H42Cl3N3O12. The van der Waals surface area contributed by atoms with Gasteiger partial charge in [-0.15, -0.1) is 0 Å². The van der Waals surface area contributed by atoms with Gasteiger partial charge in [0.2, 0.25) is 17.3 Å². The van der Waals surface area contributed by atoms with Gasteiger partial charge in [-0.25, -0.2) is 0 Å². The SMILES string of the molecule is C=CCOc1ccc(OC)cc1C(=O)c1oc2ccc(Cl)cc2c1N.COc1ccc(O)c(C(=O)c2oc3ccc(Cl)cc3c2N)c1.COc1ccc(OC)c(C(=O)c2oc3ccc(Cl)cc3c2N)c1. The highest BCUT2D eigenvalue weighted by Gasteiger charge is 2.26. The molecule has 3 heterocycles. The molecule has 0 aliphatic rings. The molecule has 0 aliphatic carbocycles. The summed E-state index contributed by atoms with van der Waals surface area (Å²) >= 11 is 17.9. The van der Waals surface area contributed by atoms with Crippen molar-refractivity contribution in [2.24, 2.45) is 0 Å². The van der Waals surface area contributed by atoms with Crippen LogP contribution in [0.1, 0.15) is 48.4 Å². The van der Waals surface area contributed by atoms with Crippen LogP contribution in [-0.4, -0.2) is 57.5 Å². The zero-order valence-electron chi connectivity index (χ0n) is 37.7. The van der Waals surface area contributed by atoms with Gasteiger partial charge < -0.3 is 59.2 Å². The maximum Gasteiger partial charge on any atom is 0.234 e. The number of carbonyl (C=O) groups excluding carboxylic acids is 3. The summed E-state index contributed by atoms with van der Waals surface area (Å²) in [6, 6.07) is 29.2. The van der Waals surface area contributed by atoms with Crippen LogP contribution in [0.2, 0.25) is 15.1 Å². The van der Waals surface area contributed by atoms with Gasteiger partial charge in [0.25, 0.3) is 0 Å². The number of nitrogens with two attached hydrogens (primary N) is 3. The summed E-state index contributed by atoms with van der Waals surface area (Å²) < 4.78 is 43.0. The molecule has 358 valence electrons. The molecule has 3 aromatic heterocycles. The molecule has 0 atom stereocenters. The summed E-state index contributed by atoms with van der Waals surface area (Å²) in [6.07, 6.45) is 1.59. The van der Waals surface area contributed by atoms with Crippen LogP contribution in [0, 0.1) is 0 Å². The van der Waals surface area contributed by atoms with Crippen LogP contribution >= 0.6 is 34.8 Å². The Kier molecular flexibility index (Phi) is 15.2. The highest BCUT2D eigenvalue weighted by atomic mass is 35.5. The third-order valence-electron chi connectivity index (χ3n) is 10.6. The number of fused-ring (bicyclic) bond motifs is 3. The number of hydrogen-bond donors (Lipinski definition) is 4. The second kappa shape index (κ2) is 21.4. The average molecular weight is 1010 g/mol. The smallest absolute Gasteiger partial charge is 0.234 e. The number of phenolic OH excluding ortho intramolecular Hbond substituents is 1. The molecule has 0 fully saturated rings. The van der Waals surface area contributed by atoms with E-state index in [0.717, 1.165) is 0 Å².